The summed E-state index contributed by atoms with van der Waals surface area (Å²) in [6.45, 7) is 8.22. The van der Waals surface area contributed by atoms with Crippen molar-refractivity contribution in [2.75, 3.05) is 86.4 Å². The molecule has 0 saturated carbocycles. The summed E-state index contributed by atoms with van der Waals surface area (Å²) in [6, 6.07) is 0. The molecule has 0 aliphatic heterocycles. The fourth-order valence-corrected chi connectivity index (χ4v) is 2.28. The second kappa shape index (κ2) is 25.3. The molecule has 0 unspecified atom stereocenters. The molecule has 0 amide bonds. The summed E-state index contributed by atoms with van der Waals surface area (Å²) >= 11 is 0. The fraction of sp³-hybridized carbons (Fsp3) is 0.952. The van der Waals surface area contributed by atoms with E-state index >= 15 is 0 Å². The third kappa shape index (κ3) is 25.2. The van der Waals surface area contributed by atoms with Crippen molar-refractivity contribution in [2.24, 2.45) is 0 Å². The Kier molecular flexibility index (Phi) is 24.6. The molecule has 0 aromatic rings. The first-order valence-electron chi connectivity index (χ1n) is 10.8. The molecule has 8 nitrogen and oxygen atoms in total. The van der Waals surface area contributed by atoms with Crippen LogP contribution in [0.5, 0.6) is 0 Å². The number of unbranched alkanes of at least 4 members (excludes halogenated alkanes) is 4. The minimum absolute atomic E-state index is 0.138. The molecular formula is C21H42O8. The minimum atomic E-state index is -0.138. The van der Waals surface area contributed by atoms with Gasteiger partial charge in [-0.05, 0) is 6.42 Å². The Hall–Kier alpha value is -0.770. The lowest BCUT2D eigenvalue weighted by Crippen LogP contribution is -2.15. The molecule has 0 spiro atoms. The van der Waals surface area contributed by atoms with Crippen LogP contribution in [0.3, 0.4) is 0 Å². The molecule has 0 atom stereocenters. The van der Waals surface area contributed by atoms with E-state index < -0.39 is 0 Å². The van der Waals surface area contributed by atoms with Crippen LogP contribution in [-0.4, -0.2) is 92.4 Å². The van der Waals surface area contributed by atoms with Crippen LogP contribution in [-0.2, 0) is 38.0 Å². The number of hydrogen-bond donors (Lipinski definition) is 0. The van der Waals surface area contributed by atoms with Crippen molar-refractivity contribution < 1.29 is 38.0 Å². The van der Waals surface area contributed by atoms with Crippen LogP contribution >= 0.6 is 0 Å². The average molecular weight is 423 g/mol. The molecule has 0 fully saturated rings. The first-order valence-corrected chi connectivity index (χ1v) is 10.8. The van der Waals surface area contributed by atoms with Crippen molar-refractivity contribution in [1.82, 2.24) is 0 Å². The quantitative estimate of drug-likeness (QED) is 0.173. The lowest BCUT2D eigenvalue weighted by Gasteiger charge is -2.08. The van der Waals surface area contributed by atoms with Crippen LogP contribution in [0.1, 0.15) is 45.4 Å². The van der Waals surface area contributed by atoms with E-state index in [4.69, 9.17) is 33.2 Å². The van der Waals surface area contributed by atoms with E-state index in [0.29, 0.717) is 85.7 Å². The molecule has 0 rings (SSSR count). The van der Waals surface area contributed by atoms with Crippen molar-refractivity contribution in [3.63, 3.8) is 0 Å². The Bertz CT molecular complexity index is 328. The molecule has 0 aliphatic carbocycles. The van der Waals surface area contributed by atoms with Crippen LogP contribution in [0.15, 0.2) is 0 Å². The summed E-state index contributed by atoms with van der Waals surface area (Å²) in [5.74, 6) is -0.138. The third-order valence-corrected chi connectivity index (χ3v) is 3.90. The molecule has 0 saturated heterocycles. The van der Waals surface area contributed by atoms with Gasteiger partial charge in [0.25, 0.3) is 0 Å². The zero-order valence-electron chi connectivity index (χ0n) is 18.5. The lowest BCUT2D eigenvalue weighted by molar-refractivity contribution is -0.145. The van der Waals surface area contributed by atoms with Crippen molar-refractivity contribution >= 4 is 5.97 Å². The fourth-order valence-electron chi connectivity index (χ4n) is 2.28. The molecule has 174 valence electrons. The van der Waals surface area contributed by atoms with Gasteiger partial charge < -0.3 is 33.2 Å². The van der Waals surface area contributed by atoms with Gasteiger partial charge in [0.2, 0.25) is 0 Å². The van der Waals surface area contributed by atoms with Crippen molar-refractivity contribution in [3.05, 3.63) is 0 Å². The lowest BCUT2D eigenvalue weighted by atomic mass is 10.1. The zero-order chi connectivity index (χ0) is 21.3. The Morgan fingerprint density at radius 3 is 1.41 bits per heavy atom. The van der Waals surface area contributed by atoms with Gasteiger partial charge in [-0.2, -0.15) is 0 Å². The standard InChI is InChI=1S/C21H42O8/c1-3-4-5-6-7-8-21(22)29-20-19-28-18-17-27-16-15-26-14-13-25-12-11-24-10-9-23-2/h3-20H2,1-2H3. The Balaban J connectivity index is 3.08. The molecule has 0 heterocycles. The van der Waals surface area contributed by atoms with E-state index in [9.17, 15) is 4.79 Å². The van der Waals surface area contributed by atoms with Gasteiger partial charge in [-0.3, -0.25) is 4.79 Å². The highest BCUT2D eigenvalue weighted by Gasteiger charge is 2.02. The minimum Gasteiger partial charge on any atom is -0.463 e. The van der Waals surface area contributed by atoms with Crippen LogP contribution < -0.4 is 0 Å². The molecule has 0 bridgehead atoms. The topological polar surface area (TPSA) is 81.7 Å². The smallest absolute Gasteiger partial charge is 0.305 e. The highest BCUT2D eigenvalue weighted by atomic mass is 16.6. The highest BCUT2D eigenvalue weighted by Crippen LogP contribution is 2.05. The zero-order valence-corrected chi connectivity index (χ0v) is 18.5. The molecule has 0 N–H and O–H groups in total. The van der Waals surface area contributed by atoms with Gasteiger partial charge in [-0.15, -0.1) is 0 Å². The maximum Gasteiger partial charge on any atom is 0.305 e. The van der Waals surface area contributed by atoms with Gasteiger partial charge in [0, 0.05) is 13.5 Å². The predicted octanol–water partition coefficient (Wildman–Crippen LogP) is 2.62. The maximum atomic E-state index is 11.5. The Labute approximate surface area is 176 Å². The SMILES string of the molecule is CCCCCCCC(=O)OCCOCCOCCOCCOCCOCCOC. The largest absolute Gasteiger partial charge is 0.463 e. The van der Waals surface area contributed by atoms with Gasteiger partial charge in [0.1, 0.15) is 6.61 Å². The monoisotopic (exact) mass is 422 g/mol. The van der Waals surface area contributed by atoms with E-state index in [1.807, 2.05) is 0 Å². The number of carbonyl (C=O) groups excluding carboxylic acids is 1. The molecule has 0 aromatic carbocycles. The summed E-state index contributed by atoms with van der Waals surface area (Å²) < 4.78 is 36.8. The number of rotatable bonds is 24. The number of ether oxygens (including phenoxy) is 7. The van der Waals surface area contributed by atoms with E-state index in [2.05, 4.69) is 6.92 Å². The molecule has 0 radical (unpaired) electrons. The maximum absolute atomic E-state index is 11.5. The van der Waals surface area contributed by atoms with Gasteiger partial charge in [0.15, 0.2) is 0 Å². The average Bonchev–Trinajstić information content (AvgIpc) is 2.72. The second-order valence-corrected chi connectivity index (χ2v) is 6.44. The normalized spacial score (nSPS) is 11.1. The molecule has 29 heavy (non-hydrogen) atoms. The van der Waals surface area contributed by atoms with Crippen LogP contribution in [0, 0.1) is 0 Å². The summed E-state index contributed by atoms with van der Waals surface area (Å²) in [4.78, 5) is 11.5. The number of esters is 1. The molecular weight excluding hydrogens is 380 g/mol. The first-order chi connectivity index (χ1) is 14.3. The number of methoxy groups -OCH3 is 1. The second-order valence-electron chi connectivity index (χ2n) is 6.44. The first kappa shape index (κ1) is 28.2. The van der Waals surface area contributed by atoms with Gasteiger partial charge in [-0.25, -0.2) is 0 Å². The molecule has 8 heteroatoms. The van der Waals surface area contributed by atoms with Crippen LogP contribution in [0.25, 0.3) is 0 Å². The van der Waals surface area contributed by atoms with E-state index in [1.165, 1.54) is 19.3 Å². The van der Waals surface area contributed by atoms with Crippen molar-refractivity contribution in [1.29, 1.82) is 0 Å². The van der Waals surface area contributed by atoms with E-state index in [0.717, 1.165) is 12.8 Å². The number of carbonyl (C=O) groups is 1. The van der Waals surface area contributed by atoms with Crippen LogP contribution in [0.2, 0.25) is 0 Å². The molecule has 0 aliphatic rings. The van der Waals surface area contributed by atoms with Crippen molar-refractivity contribution in [2.45, 2.75) is 45.4 Å². The summed E-state index contributed by atoms with van der Waals surface area (Å²) in [5.41, 5.74) is 0. The third-order valence-electron chi connectivity index (χ3n) is 3.90. The summed E-state index contributed by atoms with van der Waals surface area (Å²) in [5, 5.41) is 0. The summed E-state index contributed by atoms with van der Waals surface area (Å²) in [7, 11) is 1.64. The van der Waals surface area contributed by atoms with Gasteiger partial charge in [-0.1, -0.05) is 32.6 Å². The van der Waals surface area contributed by atoms with Crippen LogP contribution in [0.4, 0.5) is 0 Å². The molecule has 0 aromatic heterocycles. The number of hydrogen-bond acceptors (Lipinski definition) is 8. The van der Waals surface area contributed by atoms with E-state index in [-0.39, 0.29) is 5.97 Å². The Morgan fingerprint density at radius 2 is 0.966 bits per heavy atom. The summed E-state index contributed by atoms with van der Waals surface area (Å²) in [6.07, 6.45) is 6.14. The van der Waals surface area contributed by atoms with E-state index in [1.54, 1.807) is 7.11 Å². The van der Waals surface area contributed by atoms with Gasteiger partial charge >= 0.3 is 5.97 Å². The van der Waals surface area contributed by atoms with Gasteiger partial charge in [0.05, 0.1) is 72.7 Å². The predicted molar refractivity (Wildman–Crippen MR) is 110 cm³/mol. The Morgan fingerprint density at radius 1 is 0.552 bits per heavy atom. The highest BCUT2D eigenvalue weighted by molar-refractivity contribution is 5.69. The van der Waals surface area contributed by atoms with Crippen molar-refractivity contribution in [3.8, 4) is 0 Å².